The van der Waals surface area contributed by atoms with Crippen LogP contribution in [0, 0.1) is 5.92 Å². The van der Waals surface area contributed by atoms with Crippen LogP contribution in [-0.2, 0) is 0 Å². The second-order valence-electron chi connectivity index (χ2n) is 4.12. The number of rotatable bonds is 7. The Labute approximate surface area is 107 Å². The zero-order valence-corrected chi connectivity index (χ0v) is 11.3. The van der Waals surface area contributed by atoms with Crippen LogP contribution >= 0.6 is 11.8 Å². The SMILES string of the molecule is CCCOc1cccc(SCC(C)CO)c1N. The molecule has 0 fully saturated rings. The summed E-state index contributed by atoms with van der Waals surface area (Å²) in [6.07, 6.45) is 0.971. The lowest BCUT2D eigenvalue weighted by atomic mass is 10.2. The van der Waals surface area contributed by atoms with Crippen molar-refractivity contribution in [3.63, 3.8) is 0 Å². The van der Waals surface area contributed by atoms with E-state index in [0.717, 1.165) is 22.8 Å². The molecule has 0 spiro atoms. The van der Waals surface area contributed by atoms with Gasteiger partial charge in [-0.05, 0) is 24.5 Å². The number of aliphatic hydroxyl groups is 1. The summed E-state index contributed by atoms with van der Waals surface area (Å²) >= 11 is 1.66. The molecule has 0 aliphatic rings. The Morgan fingerprint density at radius 2 is 2.24 bits per heavy atom. The third-order valence-electron chi connectivity index (χ3n) is 2.32. The van der Waals surface area contributed by atoms with Gasteiger partial charge in [0.1, 0.15) is 5.75 Å². The Morgan fingerprint density at radius 3 is 2.88 bits per heavy atom. The maximum Gasteiger partial charge on any atom is 0.143 e. The number of para-hydroxylation sites is 1. The van der Waals surface area contributed by atoms with Gasteiger partial charge in [-0.1, -0.05) is 19.9 Å². The molecular weight excluding hydrogens is 234 g/mol. The summed E-state index contributed by atoms with van der Waals surface area (Å²) in [6.45, 7) is 4.97. The first-order chi connectivity index (χ1) is 8.19. The number of anilines is 1. The third-order valence-corrected chi connectivity index (χ3v) is 3.73. The second kappa shape index (κ2) is 7.45. The van der Waals surface area contributed by atoms with Crippen molar-refractivity contribution in [1.29, 1.82) is 0 Å². The fourth-order valence-corrected chi connectivity index (χ4v) is 2.27. The van der Waals surface area contributed by atoms with Crippen molar-refractivity contribution in [2.24, 2.45) is 5.92 Å². The maximum atomic E-state index is 8.98. The quantitative estimate of drug-likeness (QED) is 0.581. The van der Waals surface area contributed by atoms with Crippen molar-refractivity contribution in [3.8, 4) is 5.75 Å². The molecule has 0 aromatic heterocycles. The molecule has 1 aromatic rings. The molecule has 0 heterocycles. The second-order valence-corrected chi connectivity index (χ2v) is 5.18. The number of aliphatic hydroxyl groups excluding tert-OH is 1. The first kappa shape index (κ1) is 14.2. The fraction of sp³-hybridized carbons (Fsp3) is 0.538. The van der Waals surface area contributed by atoms with Gasteiger partial charge >= 0.3 is 0 Å². The standard InChI is InChI=1S/C13H21NO2S/c1-3-7-16-11-5-4-6-12(13(11)14)17-9-10(2)8-15/h4-6,10,15H,3,7-9,14H2,1-2H3. The summed E-state index contributed by atoms with van der Waals surface area (Å²) in [5.74, 6) is 1.89. The van der Waals surface area contributed by atoms with Gasteiger partial charge in [0.2, 0.25) is 0 Å². The lowest BCUT2D eigenvalue weighted by molar-refractivity contribution is 0.250. The molecule has 17 heavy (non-hydrogen) atoms. The van der Waals surface area contributed by atoms with Gasteiger partial charge in [-0.2, -0.15) is 0 Å². The highest BCUT2D eigenvalue weighted by atomic mass is 32.2. The number of hydrogen-bond acceptors (Lipinski definition) is 4. The van der Waals surface area contributed by atoms with E-state index in [0.29, 0.717) is 12.3 Å². The first-order valence-electron chi connectivity index (χ1n) is 5.94. The predicted molar refractivity (Wildman–Crippen MR) is 73.6 cm³/mol. The van der Waals surface area contributed by atoms with Crippen LogP contribution in [0.5, 0.6) is 5.75 Å². The molecule has 1 rings (SSSR count). The van der Waals surface area contributed by atoms with Crippen LogP contribution in [0.1, 0.15) is 20.3 Å². The highest BCUT2D eigenvalue weighted by Gasteiger charge is 2.08. The van der Waals surface area contributed by atoms with E-state index in [1.54, 1.807) is 11.8 Å². The van der Waals surface area contributed by atoms with E-state index in [1.807, 2.05) is 25.1 Å². The average Bonchev–Trinajstić information content (AvgIpc) is 2.35. The molecule has 0 amide bonds. The van der Waals surface area contributed by atoms with Crippen LogP contribution in [0.25, 0.3) is 0 Å². The fourth-order valence-electron chi connectivity index (χ4n) is 1.27. The largest absolute Gasteiger partial charge is 0.491 e. The Morgan fingerprint density at radius 1 is 1.47 bits per heavy atom. The van der Waals surface area contributed by atoms with Crippen molar-refractivity contribution < 1.29 is 9.84 Å². The predicted octanol–water partition coefficient (Wildman–Crippen LogP) is 2.78. The summed E-state index contributed by atoms with van der Waals surface area (Å²) in [6, 6.07) is 5.83. The van der Waals surface area contributed by atoms with Gasteiger partial charge in [-0.3, -0.25) is 0 Å². The number of ether oxygens (including phenoxy) is 1. The molecule has 1 atom stereocenters. The zero-order chi connectivity index (χ0) is 12.7. The van der Waals surface area contributed by atoms with E-state index >= 15 is 0 Å². The number of nitrogens with two attached hydrogens (primary N) is 1. The third kappa shape index (κ3) is 4.48. The van der Waals surface area contributed by atoms with Crippen molar-refractivity contribution in [3.05, 3.63) is 18.2 Å². The van der Waals surface area contributed by atoms with E-state index < -0.39 is 0 Å². The monoisotopic (exact) mass is 255 g/mol. The van der Waals surface area contributed by atoms with E-state index in [2.05, 4.69) is 6.92 Å². The molecule has 96 valence electrons. The molecule has 1 unspecified atom stereocenters. The Kier molecular flexibility index (Phi) is 6.22. The van der Waals surface area contributed by atoms with Gasteiger partial charge in [0, 0.05) is 17.3 Å². The topological polar surface area (TPSA) is 55.5 Å². The van der Waals surface area contributed by atoms with Crippen molar-refractivity contribution in [2.45, 2.75) is 25.2 Å². The van der Waals surface area contributed by atoms with Gasteiger partial charge in [-0.25, -0.2) is 0 Å². The molecule has 1 aromatic carbocycles. The summed E-state index contributed by atoms with van der Waals surface area (Å²) < 4.78 is 5.57. The molecule has 4 heteroatoms. The van der Waals surface area contributed by atoms with E-state index in [4.69, 9.17) is 15.6 Å². The molecule has 3 N–H and O–H groups in total. The van der Waals surface area contributed by atoms with Crippen LogP contribution in [-0.4, -0.2) is 24.1 Å². The van der Waals surface area contributed by atoms with Crippen LogP contribution in [0.15, 0.2) is 23.1 Å². The Bertz CT molecular complexity index is 344. The highest BCUT2D eigenvalue weighted by molar-refractivity contribution is 7.99. The minimum Gasteiger partial charge on any atom is -0.491 e. The van der Waals surface area contributed by atoms with Gasteiger partial charge in [0.25, 0.3) is 0 Å². The number of thioether (sulfide) groups is 1. The average molecular weight is 255 g/mol. The van der Waals surface area contributed by atoms with Gasteiger partial charge in [0.05, 0.1) is 12.3 Å². The molecule has 0 aliphatic heterocycles. The Hall–Kier alpha value is -0.870. The van der Waals surface area contributed by atoms with E-state index in [9.17, 15) is 0 Å². The normalized spacial score (nSPS) is 12.4. The summed E-state index contributed by atoms with van der Waals surface area (Å²) in [5.41, 5.74) is 6.75. The van der Waals surface area contributed by atoms with Crippen molar-refractivity contribution in [1.82, 2.24) is 0 Å². The summed E-state index contributed by atoms with van der Waals surface area (Å²) in [5, 5.41) is 8.98. The zero-order valence-electron chi connectivity index (χ0n) is 10.5. The summed E-state index contributed by atoms with van der Waals surface area (Å²) in [4.78, 5) is 1.03. The first-order valence-corrected chi connectivity index (χ1v) is 6.92. The highest BCUT2D eigenvalue weighted by Crippen LogP contribution is 2.33. The molecule has 0 saturated heterocycles. The minimum absolute atomic E-state index is 0.207. The summed E-state index contributed by atoms with van der Waals surface area (Å²) in [7, 11) is 0. The number of benzene rings is 1. The van der Waals surface area contributed by atoms with Crippen LogP contribution in [0.2, 0.25) is 0 Å². The smallest absolute Gasteiger partial charge is 0.143 e. The minimum atomic E-state index is 0.207. The van der Waals surface area contributed by atoms with Crippen LogP contribution < -0.4 is 10.5 Å². The lowest BCUT2D eigenvalue weighted by Crippen LogP contribution is -2.04. The van der Waals surface area contributed by atoms with Crippen molar-refractivity contribution >= 4 is 17.4 Å². The van der Waals surface area contributed by atoms with Gasteiger partial charge in [-0.15, -0.1) is 11.8 Å². The van der Waals surface area contributed by atoms with Crippen LogP contribution in [0.4, 0.5) is 5.69 Å². The molecule has 0 saturated carbocycles. The molecule has 0 radical (unpaired) electrons. The van der Waals surface area contributed by atoms with Gasteiger partial charge in [0.15, 0.2) is 0 Å². The Balaban J connectivity index is 2.65. The molecule has 0 aliphatic carbocycles. The number of hydrogen-bond donors (Lipinski definition) is 2. The molecule has 0 bridgehead atoms. The van der Waals surface area contributed by atoms with E-state index in [1.165, 1.54) is 0 Å². The van der Waals surface area contributed by atoms with E-state index in [-0.39, 0.29) is 12.5 Å². The van der Waals surface area contributed by atoms with Gasteiger partial charge < -0.3 is 15.6 Å². The van der Waals surface area contributed by atoms with Crippen LogP contribution in [0.3, 0.4) is 0 Å². The maximum absolute atomic E-state index is 8.98. The molecular formula is C13H21NO2S. The lowest BCUT2D eigenvalue weighted by Gasteiger charge is -2.13. The number of nitrogen functional groups attached to an aromatic ring is 1. The van der Waals surface area contributed by atoms with Crippen molar-refractivity contribution in [2.75, 3.05) is 24.7 Å². The molecule has 3 nitrogen and oxygen atoms in total.